The molecule has 1 aliphatic heterocycles. The highest BCUT2D eigenvalue weighted by Gasteiger charge is 2.15. The second-order valence-corrected chi connectivity index (χ2v) is 6.58. The van der Waals surface area contributed by atoms with Crippen LogP contribution in [0, 0.1) is 5.82 Å². The van der Waals surface area contributed by atoms with Crippen molar-refractivity contribution in [3.63, 3.8) is 0 Å². The largest absolute Gasteiger partial charge is 0.381 e. The first kappa shape index (κ1) is 14.5. The van der Waals surface area contributed by atoms with E-state index in [2.05, 4.69) is 19.2 Å². The van der Waals surface area contributed by atoms with Crippen molar-refractivity contribution >= 4 is 23.1 Å². The van der Waals surface area contributed by atoms with Crippen LogP contribution in [0.15, 0.2) is 18.2 Å². The van der Waals surface area contributed by atoms with Crippen molar-refractivity contribution in [2.24, 2.45) is 0 Å². The molecule has 2 nitrogen and oxygen atoms in total. The van der Waals surface area contributed by atoms with E-state index in [0.29, 0.717) is 17.8 Å². The highest BCUT2D eigenvalue weighted by atomic mass is 32.2. The third-order valence-electron chi connectivity index (χ3n) is 3.63. The fourth-order valence-electron chi connectivity index (χ4n) is 2.25. The van der Waals surface area contributed by atoms with Crippen LogP contribution in [-0.2, 0) is 0 Å². The van der Waals surface area contributed by atoms with Gasteiger partial charge in [0.15, 0.2) is 0 Å². The molecule has 0 spiro atoms. The van der Waals surface area contributed by atoms with Crippen molar-refractivity contribution < 1.29 is 4.39 Å². The fourth-order valence-corrected chi connectivity index (χ4v) is 3.32. The molecule has 1 aromatic carbocycles. The molecule has 0 saturated carbocycles. The van der Waals surface area contributed by atoms with Crippen molar-refractivity contribution in [2.75, 3.05) is 28.8 Å². The number of benzene rings is 1. The van der Waals surface area contributed by atoms with E-state index in [0.717, 1.165) is 11.4 Å². The van der Waals surface area contributed by atoms with E-state index in [9.17, 15) is 4.39 Å². The Morgan fingerprint density at radius 3 is 2.79 bits per heavy atom. The lowest BCUT2D eigenvalue weighted by Gasteiger charge is -2.26. The molecule has 19 heavy (non-hydrogen) atoms. The average molecular weight is 282 g/mol. The first-order valence-corrected chi connectivity index (χ1v) is 8.10. The molecule has 0 bridgehead atoms. The standard InChI is InChI=1S/C15H23FN2S/c1-11(2)18(3)15-7-6-12(9-14(15)16)17-13-5-4-8-19-10-13/h6-7,9,11,13,17H,4-5,8,10H2,1-3H3. The van der Waals surface area contributed by atoms with Crippen LogP contribution < -0.4 is 10.2 Å². The van der Waals surface area contributed by atoms with Gasteiger partial charge in [-0.3, -0.25) is 0 Å². The quantitative estimate of drug-likeness (QED) is 0.899. The van der Waals surface area contributed by atoms with E-state index in [1.54, 1.807) is 6.07 Å². The van der Waals surface area contributed by atoms with Crippen molar-refractivity contribution in [3.8, 4) is 0 Å². The van der Waals surface area contributed by atoms with Gasteiger partial charge in [-0.15, -0.1) is 0 Å². The van der Waals surface area contributed by atoms with Gasteiger partial charge in [0.2, 0.25) is 0 Å². The zero-order valence-corrected chi connectivity index (χ0v) is 12.8. The van der Waals surface area contributed by atoms with E-state index < -0.39 is 0 Å². The van der Waals surface area contributed by atoms with Gasteiger partial charge in [-0.1, -0.05) is 0 Å². The van der Waals surface area contributed by atoms with Crippen LogP contribution in [-0.4, -0.2) is 30.6 Å². The third-order valence-corrected chi connectivity index (χ3v) is 4.85. The summed E-state index contributed by atoms with van der Waals surface area (Å²) >= 11 is 1.97. The summed E-state index contributed by atoms with van der Waals surface area (Å²) in [7, 11) is 1.92. The third kappa shape index (κ3) is 3.78. The Morgan fingerprint density at radius 1 is 1.42 bits per heavy atom. The van der Waals surface area contributed by atoms with Gasteiger partial charge in [-0.2, -0.15) is 11.8 Å². The van der Waals surface area contributed by atoms with Gasteiger partial charge < -0.3 is 10.2 Å². The van der Waals surface area contributed by atoms with Crippen LogP contribution in [0.3, 0.4) is 0 Å². The molecule has 0 amide bonds. The van der Waals surface area contributed by atoms with Gasteiger partial charge in [0.05, 0.1) is 5.69 Å². The Balaban J connectivity index is 2.05. The Bertz CT molecular complexity index is 417. The minimum absolute atomic E-state index is 0.148. The van der Waals surface area contributed by atoms with Crippen molar-refractivity contribution in [2.45, 2.75) is 38.8 Å². The number of nitrogens with one attached hydrogen (secondary N) is 1. The second kappa shape index (κ2) is 6.51. The van der Waals surface area contributed by atoms with Gasteiger partial charge in [-0.25, -0.2) is 4.39 Å². The van der Waals surface area contributed by atoms with E-state index in [1.165, 1.54) is 18.6 Å². The number of halogens is 1. The highest BCUT2D eigenvalue weighted by Crippen LogP contribution is 2.26. The van der Waals surface area contributed by atoms with Crippen LogP contribution in [0.5, 0.6) is 0 Å². The monoisotopic (exact) mass is 282 g/mol. The zero-order chi connectivity index (χ0) is 13.8. The molecule has 2 rings (SSSR count). The highest BCUT2D eigenvalue weighted by molar-refractivity contribution is 7.99. The molecule has 1 fully saturated rings. The van der Waals surface area contributed by atoms with Crippen LogP contribution in [0.1, 0.15) is 26.7 Å². The molecule has 1 N–H and O–H groups in total. The van der Waals surface area contributed by atoms with Gasteiger partial charge in [0, 0.05) is 30.6 Å². The summed E-state index contributed by atoms with van der Waals surface area (Å²) < 4.78 is 14.1. The van der Waals surface area contributed by atoms with E-state index in [4.69, 9.17) is 0 Å². The number of hydrogen-bond acceptors (Lipinski definition) is 3. The minimum Gasteiger partial charge on any atom is -0.381 e. The Labute approximate surface area is 119 Å². The topological polar surface area (TPSA) is 15.3 Å². The lowest BCUT2D eigenvalue weighted by molar-refractivity contribution is 0.613. The van der Waals surface area contributed by atoms with E-state index >= 15 is 0 Å². The summed E-state index contributed by atoms with van der Waals surface area (Å²) in [6.45, 7) is 4.12. The molecule has 0 aromatic heterocycles. The van der Waals surface area contributed by atoms with Gasteiger partial charge in [-0.05, 0) is 50.6 Å². The van der Waals surface area contributed by atoms with Gasteiger partial charge in [0.1, 0.15) is 5.82 Å². The van der Waals surface area contributed by atoms with Crippen LogP contribution in [0.4, 0.5) is 15.8 Å². The Kier molecular flexibility index (Phi) is 4.97. The molecule has 106 valence electrons. The lowest BCUT2D eigenvalue weighted by Crippen LogP contribution is -2.27. The SMILES string of the molecule is CC(C)N(C)c1ccc(NC2CCCSC2)cc1F. The zero-order valence-electron chi connectivity index (χ0n) is 11.9. The summed E-state index contributed by atoms with van der Waals surface area (Å²) in [5, 5.41) is 3.44. The number of hydrogen-bond donors (Lipinski definition) is 1. The van der Waals surface area contributed by atoms with Crippen LogP contribution in [0.2, 0.25) is 0 Å². The van der Waals surface area contributed by atoms with Crippen molar-refractivity contribution in [3.05, 3.63) is 24.0 Å². The fraction of sp³-hybridized carbons (Fsp3) is 0.600. The maximum atomic E-state index is 14.1. The first-order chi connectivity index (χ1) is 9.08. The van der Waals surface area contributed by atoms with E-state index in [1.807, 2.05) is 35.8 Å². The van der Waals surface area contributed by atoms with Gasteiger partial charge >= 0.3 is 0 Å². The maximum Gasteiger partial charge on any atom is 0.148 e. The maximum absolute atomic E-state index is 14.1. The average Bonchev–Trinajstić information content (AvgIpc) is 2.39. The smallest absolute Gasteiger partial charge is 0.148 e. The molecule has 1 unspecified atom stereocenters. The normalized spacial score (nSPS) is 19.5. The molecule has 1 saturated heterocycles. The second-order valence-electron chi connectivity index (χ2n) is 5.43. The summed E-state index contributed by atoms with van der Waals surface area (Å²) in [6.07, 6.45) is 2.43. The van der Waals surface area contributed by atoms with Crippen LogP contribution >= 0.6 is 11.8 Å². The van der Waals surface area contributed by atoms with Crippen molar-refractivity contribution in [1.29, 1.82) is 0 Å². The number of nitrogens with zero attached hydrogens (tertiary/aromatic N) is 1. The molecule has 1 aromatic rings. The molecule has 1 atom stereocenters. The van der Waals surface area contributed by atoms with Gasteiger partial charge in [0.25, 0.3) is 0 Å². The summed E-state index contributed by atoms with van der Waals surface area (Å²) in [6, 6.07) is 6.24. The van der Waals surface area contributed by atoms with E-state index in [-0.39, 0.29) is 5.82 Å². The summed E-state index contributed by atoms with van der Waals surface area (Å²) in [5.41, 5.74) is 1.56. The lowest BCUT2D eigenvalue weighted by atomic mass is 10.1. The summed E-state index contributed by atoms with van der Waals surface area (Å²) in [5.74, 6) is 2.23. The number of rotatable bonds is 4. The Morgan fingerprint density at radius 2 is 2.21 bits per heavy atom. The minimum atomic E-state index is -0.148. The number of anilines is 2. The van der Waals surface area contributed by atoms with Crippen LogP contribution in [0.25, 0.3) is 0 Å². The molecule has 0 aliphatic carbocycles. The molecular formula is C15H23FN2S. The molecule has 1 aliphatic rings. The summed E-state index contributed by atoms with van der Waals surface area (Å²) in [4.78, 5) is 1.95. The Hall–Kier alpha value is -0.900. The number of thioether (sulfide) groups is 1. The molecule has 1 heterocycles. The first-order valence-electron chi connectivity index (χ1n) is 6.94. The van der Waals surface area contributed by atoms with Crippen molar-refractivity contribution in [1.82, 2.24) is 0 Å². The predicted octanol–water partition coefficient (Wildman–Crippen LogP) is 3.98. The molecule has 4 heteroatoms. The molecule has 0 radical (unpaired) electrons. The molecular weight excluding hydrogens is 259 g/mol. The predicted molar refractivity (Wildman–Crippen MR) is 83.9 cm³/mol.